The highest BCUT2D eigenvalue weighted by molar-refractivity contribution is 5.51. The van der Waals surface area contributed by atoms with E-state index in [9.17, 15) is 0 Å². The molecule has 0 atom stereocenters. The van der Waals surface area contributed by atoms with Crippen LogP contribution >= 0.6 is 0 Å². The molecule has 15 heavy (non-hydrogen) atoms. The van der Waals surface area contributed by atoms with E-state index in [0.29, 0.717) is 12.2 Å². The van der Waals surface area contributed by atoms with Gasteiger partial charge < -0.3 is 5.73 Å². The molecule has 78 valence electrons. The number of rotatable bonds is 4. The van der Waals surface area contributed by atoms with Crippen molar-refractivity contribution in [3.63, 3.8) is 0 Å². The molecule has 0 radical (unpaired) electrons. The maximum Gasteiger partial charge on any atom is 0.0631 e. The summed E-state index contributed by atoms with van der Waals surface area (Å²) in [5.74, 6) is 0. The topological polar surface area (TPSA) is 87.7 Å². The molecule has 0 aliphatic heterocycles. The van der Waals surface area contributed by atoms with Crippen molar-refractivity contribution in [2.75, 3.05) is 12.3 Å². The first-order valence-electron chi connectivity index (χ1n) is 4.64. The van der Waals surface area contributed by atoms with Crippen LogP contribution in [0.1, 0.15) is 17.8 Å². The van der Waals surface area contributed by atoms with Gasteiger partial charge in [-0.1, -0.05) is 11.2 Å². The van der Waals surface area contributed by atoms with E-state index < -0.39 is 0 Å². The van der Waals surface area contributed by atoms with Crippen LogP contribution in [0.5, 0.6) is 0 Å². The predicted molar refractivity (Wildman–Crippen MR) is 61.1 cm³/mol. The molecule has 0 fully saturated rings. The summed E-state index contributed by atoms with van der Waals surface area (Å²) in [6, 6.07) is 3.68. The van der Waals surface area contributed by atoms with Crippen molar-refractivity contribution in [2.24, 2.45) is 5.11 Å². The Kier molecular flexibility index (Phi) is 4.19. The Balaban J connectivity index is 2.56. The molecule has 0 unspecified atom stereocenters. The second-order valence-electron chi connectivity index (χ2n) is 3.06. The van der Waals surface area contributed by atoms with Crippen LogP contribution in [0.3, 0.4) is 0 Å². The third-order valence-electron chi connectivity index (χ3n) is 1.90. The predicted octanol–water partition coefficient (Wildman–Crippen LogP) is 2.69. The standard InChI is InChI=1S/C10H13N5/c1-8-10(11)6-5-9(14-8)4-2-3-7-13-15-12/h2,4-6H,3,7,11H2,1H3. The summed E-state index contributed by atoms with van der Waals surface area (Å²) in [4.78, 5) is 6.94. The van der Waals surface area contributed by atoms with Gasteiger partial charge in [-0.15, -0.1) is 0 Å². The van der Waals surface area contributed by atoms with Crippen molar-refractivity contribution in [3.8, 4) is 0 Å². The molecule has 1 rings (SSSR count). The third kappa shape index (κ3) is 3.70. The van der Waals surface area contributed by atoms with Crippen LogP contribution in [-0.4, -0.2) is 11.5 Å². The van der Waals surface area contributed by atoms with Gasteiger partial charge in [-0.2, -0.15) is 0 Å². The van der Waals surface area contributed by atoms with Crippen LogP contribution in [0.4, 0.5) is 5.69 Å². The Morgan fingerprint density at radius 2 is 2.40 bits per heavy atom. The van der Waals surface area contributed by atoms with Gasteiger partial charge in [-0.25, -0.2) is 0 Å². The minimum Gasteiger partial charge on any atom is -0.397 e. The summed E-state index contributed by atoms with van der Waals surface area (Å²) < 4.78 is 0. The fourth-order valence-electron chi connectivity index (χ4n) is 1.07. The minimum absolute atomic E-state index is 0.473. The zero-order valence-corrected chi connectivity index (χ0v) is 8.59. The van der Waals surface area contributed by atoms with Crippen LogP contribution in [-0.2, 0) is 0 Å². The summed E-state index contributed by atoms with van der Waals surface area (Å²) in [6.07, 6.45) is 4.53. The van der Waals surface area contributed by atoms with Gasteiger partial charge in [0, 0.05) is 11.5 Å². The largest absolute Gasteiger partial charge is 0.397 e. The van der Waals surface area contributed by atoms with Crippen LogP contribution in [0.2, 0.25) is 0 Å². The first kappa shape index (κ1) is 11.1. The van der Waals surface area contributed by atoms with E-state index in [-0.39, 0.29) is 0 Å². The summed E-state index contributed by atoms with van der Waals surface area (Å²) in [7, 11) is 0. The number of nitrogens with two attached hydrogens (primary N) is 1. The third-order valence-corrected chi connectivity index (χ3v) is 1.90. The lowest BCUT2D eigenvalue weighted by atomic mass is 10.2. The molecule has 5 nitrogen and oxygen atoms in total. The highest BCUT2D eigenvalue weighted by Crippen LogP contribution is 2.09. The monoisotopic (exact) mass is 203 g/mol. The maximum absolute atomic E-state index is 8.06. The SMILES string of the molecule is Cc1nc(C=CCCN=[N+]=[N-])ccc1N. The molecule has 0 saturated heterocycles. The average molecular weight is 203 g/mol. The average Bonchev–Trinajstić information content (AvgIpc) is 2.23. The fraction of sp³-hybridized carbons (Fsp3) is 0.300. The fourth-order valence-corrected chi connectivity index (χ4v) is 1.07. The highest BCUT2D eigenvalue weighted by atomic mass is 15.1. The van der Waals surface area contributed by atoms with Gasteiger partial charge in [0.2, 0.25) is 0 Å². The second-order valence-corrected chi connectivity index (χ2v) is 3.06. The number of aryl methyl sites for hydroxylation is 1. The van der Waals surface area contributed by atoms with Crippen molar-refractivity contribution >= 4 is 11.8 Å². The molecule has 1 heterocycles. The normalized spacial score (nSPS) is 10.2. The van der Waals surface area contributed by atoms with Gasteiger partial charge in [-0.3, -0.25) is 4.98 Å². The van der Waals surface area contributed by atoms with E-state index in [0.717, 1.165) is 17.8 Å². The summed E-state index contributed by atoms with van der Waals surface area (Å²) in [6.45, 7) is 2.34. The van der Waals surface area contributed by atoms with E-state index in [4.69, 9.17) is 11.3 Å². The maximum atomic E-state index is 8.06. The molecule has 0 aliphatic rings. The van der Waals surface area contributed by atoms with Crippen molar-refractivity contribution in [1.82, 2.24) is 4.98 Å². The van der Waals surface area contributed by atoms with Crippen molar-refractivity contribution in [2.45, 2.75) is 13.3 Å². The lowest BCUT2D eigenvalue weighted by Crippen LogP contribution is -1.93. The van der Waals surface area contributed by atoms with Crippen LogP contribution in [0.15, 0.2) is 23.3 Å². The molecule has 0 saturated carbocycles. The smallest absolute Gasteiger partial charge is 0.0631 e. The van der Waals surface area contributed by atoms with E-state index in [1.54, 1.807) is 0 Å². The molecule has 0 amide bonds. The molecule has 0 aliphatic carbocycles. The zero-order valence-electron chi connectivity index (χ0n) is 8.59. The van der Waals surface area contributed by atoms with Crippen LogP contribution < -0.4 is 5.73 Å². The number of hydrogen-bond acceptors (Lipinski definition) is 3. The number of nitrogens with zero attached hydrogens (tertiary/aromatic N) is 4. The quantitative estimate of drug-likeness (QED) is 0.353. The van der Waals surface area contributed by atoms with E-state index in [1.807, 2.05) is 31.2 Å². The van der Waals surface area contributed by atoms with Gasteiger partial charge in [0.05, 0.1) is 17.1 Å². The Morgan fingerprint density at radius 1 is 1.60 bits per heavy atom. The van der Waals surface area contributed by atoms with Gasteiger partial charge in [-0.05, 0) is 37.1 Å². The molecule has 0 spiro atoms. The Bertz CT molecular complexity index is 404. The van der Waals surface area contributed by atoms with E-state index in [1.165, 1.54) is 0 Å². The molecular formula is C10H13N5. The molecular weight excluding hydrogens is 190 g/mol. The number of azide groups is 1. The molecule has 5 heteroatoms. The summed E-state index contributed by atoms with van der Waals surface area (Å²) >= 11 is 0. The highest BCUT2D eigenvalue weighted by Gasteiger charge is 1.94. The van der Waals surface area contributed by atoms with Crippen molar-refractivity contribution in [3.05, 3.63) is 40.0 Å². The number of aromatic nitrogens is 1. The molecule has 0 aromatic carbocycles. The Labute approximate surface area is 88.3 Å². The first-order valence-corrected chi connectivity index (χ1v) is 4.64. The molecule has 1 aromatic heterocycles. The zero-order chi connectivity index (χ0) is 11.1. The molecule has 1 aromatic rings. The van der Waals surface area contributed by atoms with E-state index in [2.05, 4.69) is 15.0 Å². The first-order chi connectivity index (χ1) is 7.24. The lowest BCUT2D eigenvalue weighted by Gasteiger charge is -1.99. The van der Waals surface area contributed by atoms with Crippen LogP contribution in [0, 0.1) is 6.92 Å². The number of nitrogen functional groups attached to an aromatic ring is 1. The van der Waals surface area contributed by atoms with Gasteiger partial charge >= 0.3 is 0 Å². The Hall–Kier alpha value is -2.00. The minimum atomic E-state index is 0.473. The van der Waals surface area contributed by atoms with Gasteiger partial charge in [0.15, 0.2) is 0 Å². The summed E-state index contributed by atoms with van der Waals surface area (Å²) in [5, 5.41) is 3.42. The van der Waals surface area contributed by atoms with Crippen molar-refractivity contribution < 1.29 is 0 Å². The number of hydrogen-bond donors (Lipinski definition) is 1. The van der Waals surface area contributed by atoms with Gasteiger partial charge in [0.25, 0.3) is 0 Å². The molecule has 0 bridgehead atoms. The lowest BCUT2D eigenvalue weighted by molar-refractivity contribution is 0.995. The van der Waals surface area contributed by atoms with Gasteiger partial charge in [0.1, 0.15) is 0 Å². The Morgan fingerprint density at radius 3 is 3.07 bits per heavy atom. The number of pyridine rings is 1. The molecule has 2 N–H and O–H groups in total. The second kappa shape index (κ2) is 5.67. The summed E-state index contributed by atoms with van der Waals surface area (Å²) in [5.41, 5.74) is 16.1. The number of anilines is 1. The van der Waals surface area contributed by atoms with E-state index >= 15 is 0 Å². The van der Waals surface area contributed by atoms with Crippen LogP contribution in [0.25, 0.3) is 16.5 Å². The van der Waals surface area contributed by atoms with Crippen molar-refractivity contribution in [1.29, 1.82) is 0 Å².